The molecule has 1 aromatic rings. The third-order valence-electron chi connectivity index (χ3n) is 6.15. The standard InChI is InChI=1S/C24H41N5O2.HI/c1-4-25-24(26-13-16-29-15-8-14-28(2)17-18-29)27-19-20-9-7-12-22(30-3)23(20)31-21-10-5-6-11-21;/h7,9,12,21H,4-6,8,10-11,13-19H2,1-3H3,(H2,25,26,27);1H. The molecule has 0 amide bonds. The number of hydrogen-bond donors (Lipinski definition) is 2. The first kappa shape index (κ1) is 27.0. The highest BCUT2D eigenvalue weighted by Crippen LogP contribution is 2.35. The van der Waals surface area contributed by atoms with E-state index in [-0.39, 0.29) is 30.1 Å². The third kappa shape index (κ3) is 8.59. The normalized spacial score (nSPS) is 18.7. The van der Waals surface area contributed by atoms with Crippen molar-refractivity contribution < 1.29 is 9.47 Å². The van der Waals surface area contributed by atoms with Crippen LogP contribution in [0, 0.1) is 0 Å². The Morgan fingerprint density at radius 3 is 2.66 bits per heavy atom. The van der Waals surface area contributed by atoms with Crippen LogP contribution in [0.25, 0.3) is 0 Å². The number of halogens is 1. The van der Waals surface area contributed by atoms with Crippen LogP contribution in [-0.4, -0.2) is 81.8 Å². The Labute approximate surface area is 211 Å². The van der Waals surface area contributed by atoms with Crippen molar-refractivity contribution in [3.8, 4) is 11.5 Å². The Kier molecular flexibility index (Phi) is 12.5. The molecular formula is C24H42IN5O2. The molecule has 182 valence electrons. The number of aliphatic imine (C=N–C) groups is 1. The molecule has 0 aromatic heterocycles. The number of guanidine groups is 1. The average molecular weight is 560 g/mol. The van der Waals surface area contributed by atoms with Crippen molar-refractivity contribution in [1.82, 2.24) is 20.4 Å². The van der Waals surface area contributed by atoms with Crippen molar-refractivity contribution in [3.63, 3.8) is 0 Å². The summed E-state index contributed by atoms with van der Waals surface area (Å²) in [5, 5.41) is 6.87. The van der Waals surface area contributed by atoms with Crippen LogP contribution in [0.15, 0.2) is 23.2 Å². The van der Waals surface area contributed by atoms with Crippen LogP contribution in [0.5, 0.6) is 11.5 Å². The molecule has 0 atom stereocenters. The second kappa shape index (κ2) is 14.8. The Morgan fingerprint density at radius 2 is 1.91 bits per heavy atom. The van der Waals surface area contributed by atoms with Crippen LogP contribution in [0.3, 0.4) is 0 Å². The van der Waals surface area contributed by atoms with Crippen molar-refractivity contribution in [2.24, 2.45) is 4.99 Å². The van der Waals surface area contributed by atoms with Crippen LogP contribution in [-0.2, 0) is 6.54 Å². The molecule has 1 saturated carbocycles. The average Bonchev–Trinajstić information content (AvgIpc) is 3.20. The number of para-hydroxylation sites is 1. The van der Waals surface area contributed by atoms with Crippen molar-refractivity contribution >= 4 is 29.9 Å². The maximum atomic E-state index is 6.36. The molecule has 1 saturated heterocycles. The lowest BCUT2D eigenvalue weighted by atomic mass is 10.1. The van der Waals surface area contributed by atoms with Crippen molar-refractivity contribution in [2.45, 2.75) is 51.7 Å². The summed E-state index contributed by atoms with van der Waals surface area (Å²) in [6, 6.07) is 6.08. The molecule has 0 unspecified atom stereocenters. The molecule has 3 rings (SSSR count). The van der Waals surface area contributed by atoms with E-state index in [4.69, 9.17) is 14.5 Å². The minimum atomic E-state index is 0. The number of likely N-dealkylation sites (N-methyl/N-ethyl adjacent to an activating group) is 1. The fourth-order valence-electron chi connectivity index (χ4n) is 4.32. The Hall–Kier alpha value is -1.26. The van der Waals surface area contributed by atoms with E-state index in [0.717, 1.165) is 68.6 Å². The van der Waals surface area contributed by atoms with Gasteiger partial charge in [-0.3, -0.25) is 0 Å². The number of nitrogens with one attached hydrogen (secondary N) is 2. The van der Waals surface area contributed by atoms with E-state index in [1.54, 1.807) is 7.11 Å². The highest BCUT2D eigenvalue weighted by Gasteiger charge is 2.20. The zero-order valence-corrected chi connectivity index (χ0v) is 22.4. The van der Waals surface area contributed by atoms with Crippen molar-refractivity contribution in [2.75, 3.05) is 60.0 Å². The number of methoxy groups -OCH3 is 1. The first-order chi connectivity index (χ1) is 15.2. The predicted molar refractivity (Wildman–Crippen MR) is 143 cm³/mol. The lowest BCUT2D eigenvalue weighted by Gasteiger charge is -2.21. The zero-order chi connectivity index (χ0) is 21.9. The molecule has 7 nitrogen and oxygen atoms in total. The topological polar surface area (TPSA) is 61.4 Å². The van der Waals surface area contributed by atoms with Gasteiger partial charge in [0.25, 0.3) is 0 Å². The predicted octanol–water partition coefficient (Wildman–Crippen LogP) is 3.33. The van der Waals surface area contributed by atoms with Crippen LogP contribution >= 0.6 is 24.0 Å². The lowest BCUT2D eigenvalue weighted by molar-refractivity contribution is 0.198. The maximum Gasteiger partial charge on any atom is 0.191 e. The molecule has 0 radical (unpaired) electrons. The molecule has 0 bridgehead atoms. The summed E-state index contributed by atoms with van der Waals surface area (Å²) >= 11 is 0. The van der Waals surface area contributed by atoms with E-state index in [1.807, 2.05) is 12.1 Å². The van der Waals surface area contributed by atoms with Crippen molar-refractivity contribution in [3.05, 3.63) is 23.8 Å². The molecule has 32 heavy (non-hydrogen) atoms. The minimum Gasteiger partial charge on any atom is -0.493 e. The lowest BCUT2D eigenvalue weighted by Crippen LogP contribution is -2.42. The first-order valence-electron chi connectivity index (χ1n) is 11.9. The van der Waals surface area contributed by atoms with Gasteiger partial charge in [0.15, 0.2) is 17.5 Å². The summed E-state index contributed by atoms with van der Waals surface area (Å²) in [5.74, 6) is 2.50. The highest BCUT2D eigenvalue weighted by molar-refractivity contribution is 14.0. The fourth-order valence-corrected chi connectivity index (χ4v) is 4.32. The maximum absolute atomic E-state index is 6.36. The summed E-state index contributed by atoms with van der Waals surface area (Å²) in [6.45, 7) is 10.1. The SMILES string of the molecule is CCNC(=NCc1cccc(OC)c1OC1CCCC1)NCCN1CCCN(C)CC1.I. The molecule has 1 aliphatic carbocycles. The van der Waals surface area contributed by atoms with E-state index < -0.39 is 0 Å². The van der Waals surface area contributed by atoms with E-state index in [9.17, 15) is 0 Å². The van der Waals surface area contributed by atoms with Gasteiger partial charge in [-0.05, 0) is 65.2 Å². The second-order valence-corrected chi connectivity index (χ2v) is 8.59. The van der Waals surface area contributed by atoms with E-state index in [2.05, 4.69) is 40.5 Å². The molecule has 0 spiro atoms. The summed E-state index contributed by atoms with van der Waals surface area (Å²) in [5.41, 5.74) is 1.07. The van der Waals surface area contributed by atoms with Crippen LogP contribution in [0.2, 0.25) is 0 Å². The molecule has 2 N–H and O–H groups in total. The molecule has 8 heteroatoms. The minimum absolute atomic E-state index is 0. The Balaban J connectivity index is 0.00000363. The van der Waals surface area contributed by atoms with E-state index >= 15 is 0 Å². The quantitative estimate of drug-likeness (QED) is 0.275. The van der Waals surface area contributed by atoms with Gasteiger partial charge in [0.1, 0.15) is 0 Å². The highest BCUT2D eigenvalue weighted by atomic mass is 127. The zero-order valence-electron chi connectivity index (χ0n) is 20.1. The van der Waals surface area contributed by atoms with E-state index in [1.165, 1.54) is 32.4 Å². The number of rotatable bonds is 9. The van der Waals surface area contributed by atoms with Crippen LogP contribution < -0.4 is 20.1 Å². The second-order valence-electron chi connectivity index (χ2n) is 8.59. The van der Waals surface area contributed by atoms with Gasteiger partial charge in [-0.25, -0.2) is 4.99 Å². The summed E-state index contributed by atoms with van der Waals surface area (Å²) in [6.07, 6.45) is 6.27. The van der Waals surface area contributed by atoms with Crippen LogP contribution in [0.1, 0.15) is 44.6 Å². The van der Waals surface area contributed by atoms with Gasteiger partial charge in [-0.2, -0.15) is 0 Å². The van der Waals surface area contributed by atoms with Crippen molar-refractivity contribution in [1.29, 1.82) is 0 Å². The number of hydrogen-bond acceptors (Lipinski definition) is 5. The first-order valence-corrected chi connectivity index (χ1v) is 11.9. The van der Waals surface area contributed by atoms with Crippen LogP contribution in [0.4, 0.5) is 0 Å². The smallest absolute Gasteiger partial charge is 0.191 e. The molecule has 2 fully saturated rings. The monoisotopic (exact) mass is 559 g/mol. The molecule has 1 aliphatic heterocycles. The van der Waals surface area contributed by atoms with Gasteiger partial charge >= 0.3 is 0 Å². The summed E-state index contributed by atoms with van der Waals surface area (Å²) < 4.78 is 11.9. The number of ether oxygens (including phenoxy) is 2. The number of benzene rings is 1. The Morgan fingerprint density at radius 1 is 1.09 bits per heavy atom. The van der Waals surface area contributed by atoms with Gasteiger partial charge in [-0.1, -0.05) is 12.1 Å². The van der Waals surface area contributed by atoms with Gasteiger partial charge < -0.3 is 29.9 Å². The largest absolute Gasteiger partial charge is 0.493 e. The molecular weight excluding hydrogens is 517 g/mol. The molecule has 1 aromatic carbocycles. The van der Waals surface area contributed by atoms with Gasteiger partial charge in [0.2, 0.25) is 0 Å². The van der Waals surface area contributed by atoms with Gasteiger partial charge in [0.05, 0.1) is 19.8 Å². The molecule has 1 heterocycles. The molecule has 2 aliphatic rings. The summed E-state index contributed by atoms with van der Waals surface area (Å²) in [4.78, 5) is 9.79. The van der Waals surface area contributed by atoms with Gasteiger partial charge in [0, 0.05) is 38.3 Å². The van der Waals surface area contributed by atoms with E-state index in [0.29, 0.717) is 6.54 Å². The third-order valence-corrected chi connectivity index (χ3v) is 6.15. The van der Waals surface area contributed by atoms with Gasteiger partial charge in [-0.15, -0.1) is 24.0 Å². The number of nitrogens with zero attached hydrogens (tertiary/aromatic N) is 3. The fraction of sp³-hybridized carbons (Fsp3) is 0.708. The Bertz CT molecular complexity index is 697. The summed E-state index contributed by atoms with van der Waals surface area (Å²) in [7, 11) is 3.91.